The number of thioether (sulfide) groups is 1. The third kappa shape index (κ3) is 6.13. The number of hydrogen-bond donors (Lipinski definition) is 1. The van der Waals surface area contributed by atoms with Gasteiger partial charge < -0.3 is 18.8 Å². The van der Waals surface area contributed by atoms with Crippen LogP contribution in [0.1, 0.15) is 19.4 Å². The van der Waals surface area contributed by atoms with Gasteiger partial charge in [0.05, 0.1) is 26.2 Å². The third-order valence-electron chi connectivity index (χ3n) is 4.53. The average Bonchev–Trinajstić information content (AvgIpc) is 3.26. The van der Waals surface area contributed by atoms with E-state index in [2.05, 4.69) is 20.7 Å². The first-order valence-corrected chi connectivity index (χ1v) is 11.3. The number of carbonyl (C=O) groups is 2. The largest absolute Gasteiger partial charge is 0.493 e. The molecule has 0 unspecified atom stereocenters. The molecule has 0 radical (unpaired) electrons. The highest BCUT2D eigenvalue weighted by atomic mass is 32.2. The second-order valence-corrected chi connectivity index (χ2v) is 7.79. The van der Waals surface area contributed by atoms with Crippen LogP contribution < -0.4 is 19.6 Å². The molecule has 1 heterocycles. The van der Waals surface area contributed by atoms with Gasteiger partial charge in [-0.05, 0) is 19.1 Å². The van der Waals surface area contributed by atoms with Gasteiger partial charge in [0.2, 0.25) is 5.75 Å². The fraction of sp³-hybridized carbons (Fsp3) is 0.261. The fourth-order valence-electron chi connectivity index (χ4n) is 3.04. The number of methoxy groups -OCH3 is 2. The standard InChI is InChI=1S/C23H25N5O5S/c1-5-28-22(17-9-7-6-8-10-17)26-27-23(28)34-14-20(30)25-24-13-16-11-18(31-3)21(33-15(2)29)19(12-16)32-4/h6-13H,5,14H2,1-4H3,(H,25,30). The van der Waals surface area contributed by atoms with E-state index in [0.717, 1.165) is 11.4 Å². The van der Waals surface area contributed by atoms with Crippen LogP contribution in [0.4, 0.5) is 0 Å². The highest BCUT2D eigenvalue weighted by Crippen LogP contribution is 2.38. The molecule has 0 aliphatic heterocycles. The van der Waals surface area contributed by atoms with Crippen molar-refractivity contribution in [3.63, 3.8) is 0 Å². The minimum absolute atomic E-state index is 0.113. The van der Waals surface area contributed by atoms with Crippen molar-refractivity contribution in [2.24, 2.45) is 5.10 Å². The van der Waals surface area contributed by atoms with Gasteiger partial charge in [0, 0.05) is 24.6 Å². The molecule has 0 spiro atoms. The van der Waals surface area contributed by atoms with E-state index in [1.165, 1.54) is 39.1 Å². The van der Waals surface area contributed by atoms with Crippen LogP contribution in [0.3, 0.4) is 0 Å². The average molecular weight is 484 g/mol. The summed E-state index contributed by atoms with van der Waals surface area (Å²) in [5, 5.41) is 13.1. The highest BCUT2D eigenvalue weighted by molar-refractivity contribution is 7.99. The lowest BCUT2D eigenvalue weighted by atomic mass is 10.2. The summed E-state index contributed by atoms with van der Waals surface area (Å²) in [7, 11) is 2.89. The molecule has 3 rings (SSSR count). The van der Waals surface area contributed by atoms with Crippen molar-refractivity contribution in [3.8, 4) is 28.6 Å². The Kier molecular flexibility index (Phi) is 8.63. The first kappa shape index (κ1) is 24.8. The van der Waals surface area contributed by atoms with Crippen molar-refractivity contribution in [1.82, 2.24) is 20.2 Å². The van der Waals surface area contributed by atoms with Crippen molar-refractivity contribution in [2.75, 3.05) is 20.0 Å². The molecule has 1 N–H and O–H groups in total. The number of hydrazone groups is 1. The zero-order chi connectivity index (χ0) is 24.5. The number of nitrogens with one attached hydrogen (secondary N) is 1. The highest BCUT2D eigenvalue weighted by Gasteiger charge is 2.16. The van der Waals surface area contributed by atoms with E-state index in [1.54, 1.807) is 12.1 Å². The van der Waals surface area contributed by atoms with E-state index in [4.69, 9.17) is 14.2 Å². The summed E-state index contributed by atoms with van der Waals surface area (Å²) in [5.41, 5.74) is 4.03. The zero-order valence-corrected chi connectivity index (χ0v) is 20.1. The number of benzene rings is 2. The number of amides is 1. The van der Waals surface area contributed by atoms with Gasteiger partial charge in [0.1, 0.15) is 0 Å². The van der Waals surface area contributed by atoms with E-state index in [-0.39, 0.29) is 17.4 Å². The number of ether oxygens (including phenoxy) is 3. The van der Waals surface area contributed by atoms with Crippen molar-refractivity contribution in [3.05, 3.63) is 48.0 Å². The Labute approximate surface area is 201 Å². The molecular formula is C23H25N5O5S. The lowest BCUT2D eigenvalue weighted by Gasteiger charge is -2.13. The molecule has 0 aliphatic rings. The van der Waals surface area contributed by atoms with E-state index in [0.29, 0.717) is 28.8 Å². The van der Waals surface area contributed by atoms with Gasteiger partial charge in [-0.25, -0.2) is 5.43 Å². The summed E-state index contributed by atoms with van der Waals surface area (Å²) in [6, 6.07) is 13.0. The van der Waals surface area contributed by atoms with Crippen molar-refractivity contribution < 1.29 is 23.8 Å². The van der Waals surface area contributed by atoms with Gasteiger partial charge >= 0.3 is 5.97 Å². The minimum Gasteiger partial charge on any atom is -0.493 e. The second-order valence-electron chi connectivity index (χ2n) is 6.85. The molecule has 3 aromatic rings. The van der Waals surface area contributed by atoms with Gasteiger partial charge in [-0.1, -0.05) is 42.1 Å². The predicted octanol–water partition coefficient (Wildman–Crippen LogP) is 3.15. The Morgan fingerprint density at radius 1 is 1.12 bits per heavy atom. The molecule has 0 bridgehead atoms. The number of rotatable bonds is 10. The smallest absolute Gasteiger partial charge is 0.308 e. The summed E-state index contributed by atoms with van der Waals surface area (Å²) in [6.07, 6.45) is 1.44. The Balaban J connectivity index is 1.63. The SMILES string of the molecule is CCn1c(SCC(=O)NN=Cc2cc(OC)c(OC(C)=O)c(OC)c2)nnc1-c1ccccc1. The molecule has 2 aromatic carbocycles. The van der Waals surface area contributed by atoms with Gasteiger partial charge in [0.25, 0.3) is 5.91 Å². The minimum atomic E-state index is -0.502. The molecule has 0 saturated heterocycles. The molecule has 10 nitrogen and oxygen atoms in total. The maximum Gasteiger partial charge on any atom is 0.308 e. The summed E-state index contributed by atoms with van der Waals surface area (Å²) < 4.78 is 17.7. The van der Waals surface area contributed by atoms with Crippen LogP contribution in [0, 0.1) is 0 Å². The molecule has 0 saturated carbocycles. The number of hydrogen-bond acceptors (Lipinski definition) is 9. The molecule has 1 aromatic heterocycles. The first-order chi connectivity index (χ1) is 16.5. The molecule has 0 fully saturated rings. The van der Waals surface area contributed by atoms with Crippen LogP contribution in [-0.2, 0) is 16.1 Å². The Hall–Kier alpha value is -3.86. The van der Waals surface area contributed by atoms with Gasteiger partial charge in [-0.15, -0.1) is 10.2 Å². The molecule has 34 heavy (non-hydrogen) atoms. The normalized spacial score (nSPS) is 10.8. The molecule has 178 valence electrons. The van der Waals surface area contributed by atoms with Crippen LogP contribution in [0.5, 0.6) is 17.2 Å². The quantitative estimate of drug-likeness (QED) is 0.154. The summed E-state index contributed by atoms with van der Waals surface area (Å²) in [5.74, 6) is 0.829. The fourth-order valence-corrected chi connectivity index (χ4v) is 3.84. The second kappa shape index (κ2) is 11.8. The van der Waals surface area contributed by atoms with E-state index in [1.807, 2.05) is 41.8 Å². The molecule has 0 atom stereocenters. The Morgan fingerprint density at radius 2 is 1.79 bits per heavy atom. The van der Waals surface area contributed by atoms with Crippen LogP contribution in [0.25, 0.3) is 11.4 Å². The Morgan fingerprint density at radius 3 is 2.38 bits per heavy atom. The lowest BCUT2D eigenvalue weighted by Crippen LogP contribution is -2.20. The van der Waals surface area contributed by atoms with Crippen LogP contribution in [0.2, 0.25) is 0 Å². The first-order valence-electron chi connectivity index (χ1n) is 10.3. The number of aromatic nitrogens is 3. The van der Waals surface area contributed by atoms with Crippen molar-refractivity contribution in [1.29, 1.82) is 0 Å². The predicted molar refractivity (Wildman–Crippen MR) is 128 cm³/mol. The molecule has 0 aliphatic carbocycles. The monoisotopic (exact) mass is 483 g/mol. The number of carbonyl (C=O) groups excluding carboxylic acids is 2. The van der Waals surface area contributed by atoms with Gasteiger partial charge in [-0.3, -0.25) is 9.59 Å². The van der Waals surface area contributed by atoms with Crippen LogP contribution in [0.15, 0.2) is 52.7 Å². The summed E-state index contributed by atoms with van der Waals surface area (Å²) >= 11 is 1.28. The van der Waals surface area contributed by atoms with E-state index in [9.17, 15) is 9.59 Å². The maximum absolute atomic E-state index is 12.3. The number of nitrogens with zero attached hydrogens (tertiary/aromatic N) is 4. The topological polar surface area (TPSA) is 117 Å². The van der Waals surface area contributed by atoms with Crippen LogP contribution in [-0.4, -0.2) is 52.8 Å². The number of esters is 1. The van der Waals surface area contributed by atoms with Gasteiger partial charge in [-0.2, -0.15) is 5.10 Å². The lowest BCUT2D eigenvalue weighted by molar-refractivity contribution is -0.132. The van der Waals surface area contributed by atoms with E-state index < -0.39 is 5.97 Å². The molecular weight excluding hydrogens is 458 g/mol. The zero-order valence-electron chi connectivity index (χ0n) is 19.3. The summed E-state index contributed by atoms with van der Waals surface area (Å²) in [6.45, 7) is 3.96. The molecule has 11 heteroatoms. The van der Waals surface area contributed by atoms with E-state index >= 15 is 0 Å². The van der Waals surface area contributed by atoms with Crippen molar-refractivity contribution >= 4 is 29.9 Å². The third-order valence-corrected chi connectivity index (χ3v) is 5.50. The van der Waals surface area contributed by atoms with Gasteiger partial charge in [0.15, 0.2) is 22.5 Å². The molecule has 1 amide bonds. The van der Waals surface area contributed by atoms with Crippen molar-refractivity contribution in [2.45, 2.75) is 25.5 Å². The Bertz CT molecular complexity index is 1150. The van der Waals surface area contributed by atoms with Crippen LogP contribution >= 0.6 is 11.8 Å². The summed E-state index contributed by atoms with van der Waals surface area (Å²) in [4.78, 5) is 23.6. The maximum atomic E-state index is 12.3.